The van der Waals surface area contributed by atoms with E-state index in [9.17, 15) is 0 Å². The van der Waals surface area contributed by atoms with Gasteiger partial charge in [-0.15, -0.1) is 0 Å². The van der Waals surface area contributed by atoms with Crippen LogP contribution in [-0.4, -0.2) is 22.6 Å². The molecule has 11 heavy (non-hydrogen) atoms. The smallest absolute Gasteiger partial charge is 0.0609 e. The molecule has 0 heterocycles. The summed E-state index contributed by atoms with van der Waals surface area (Å²) in [4.78, 5) is 0. The number of hydrogen-bond donors (Lipinski definition) is 0. The summed E-state index contributed by atoms with van der Waals surface area (Å²) in [6, 6.07) is 0. The normalized spacial score (nSPS) is 22.6. The van der Waals surface area contributed by atoms with Gasteiger partial charge in [0.2, 0.25) is 0 Å². The van der Waals surface area contributed by atoms with Crippen LogP contribution in [0.15, 0.2) is 0 Å². The number of hydrogen-bond acceptors (Lipinski definition) is 1. The largest absolute Gasteiger partial charge is 0.382 e. The van der Waals surface area contributed by atoms with Crippen molar-refractivity contribution >= 4 is 10.2 Å². The second-order valence-corrected chi connectivity index (χ2v) is 3.57. The molecule has 0 aromatic rings. The predicted octanol–water partition coefficient (Wildman–Crippen LogP) is 2.24. The molecule has 1 aliphatic carbocycles. The summed E-state index contributed by atoms with van der Waals surface area (Å²) in [6.07, 6.45) is 10.7. The Morgan fingerprint density at radius 1 is 1.00 bits per heavy atom. The van der Waals surface area contributed by atoms with Crippen molar-refractivity contribution in [3.8, 4) is 0 Å². The minimum Gasteiger partial charge on any atom is -0.382 e. The zero-order chi connectivity index (χ0) is 7.94. The third kappa shape index (κ3) is 3.92. The molecule has 2 heteroatoms. The van der Waals surface area contributed by atoms with Crippen molar-refractivity contribution in [1.82, 2.24) is 0 Å². The molecule has 0 spiro atoms. The van der Waals surface area contributed by atoms with Crippen molar-refractivity contribution in [2.45, 2.75) is 51.0 Å². The molecule has 0 aromatic heterocycles. The van der Waals surface area contributed by atoms with Gasteiger partial charge in [-0.25, -0.2) is 0 Å². The Hall–Kier alpha value is 0.177. The van der Waals surface area contributed by atoms with Crippen LogP contribution in [0.5, 0.6) is 0 Å². The molecule has 1 nitrogen and oxygen atoms in total. The highest BCUT2D eigenvalue weighted by atomic mass is 28.1. The first kappa shape index (κ1) is 9.27. The summed E-state index contributed by atoms with van der Waals surface area (Å²) >= 11 is 0. The Kier molecular flexibility index (Phi) is 4.87. The third-order valence-electron chi connectivity index (χ3n) is 2.37. The molecule has 0 atom stereocenters. The summed E-state index contributed by atoms with van der Waals surface area (Å²) in [5.41, 5.74) is 0. The maximum atomic E-state index is 5.53. The summed E-state index contributed by atoms with van der Waals surface area (Å²) in [7, 11) is 3.35. The van der Waals surface area contributed by atoms with Gasteiger partial charge < -0.3 is 4.74 Å². The van der Waals surface area contributed by atoms with Crippen molar-refractivity contribution in [2.75, 3.05) is 6.23 Å². The SMILES string of the molecule is [Si]COC1CCCCCCC1. The van der Waals surface area contributed by atoms with Gasteiger partial charge in [-0.1, -0.05) is 32.1 Å². The fraction of sp³-hybridized carbons (Fsp3) is 1.00. The van der Waals surface area contributed by atoms with E-state index in [4.69, 9.17) is 4.74 Å². The molecule has 0 aromatic carbocycles. The van der Waals surface area contributed by atoms with E-state index in [1.54, 1.807) is 0 Å². The topological polar surface area (TPSA) is 9.23 Å². The number of ether oxygens (including phenoxy) is 1. The minimum absolute atomic E-state index is 0.535. The van der Waals surface area contributed by atoms with Gasteiger partial charge in [0.15, 0.2) is 0 Å². The highest BCUT2D eigenvalue weighted by Crippen LogP contribution is 2.18. The lowest BCUT2D eigenvalue weighted by Gasteiger charge is -2.19. The maximum absolute atomic E-state index is 5.53. The quantitative estimate of drug-likeness (QED) is 0.576. The van der Waals surface area contributed by atoms with Gasteiger partial charge in [0.25, 0.3) is 0 Å². The van der Waals surface area contributed by atoms with Crippen LogP contribution in [0, 0.1) is 0 Å². The average molecular weight is 169 g/mol. The van der Waals surface area contributed by atoms with Gasteiger partial charge in [0.1, 0.15) is 0 Å². The molecular formula is C9H17OSi. The lowest BCUT2D eigenvalue weighted by Crippen LogP contribution is -2.15. The van der Waals surface area contributed by atoms with Crippen LogP contribution >= 0.6 is 0 Å². The van der Waals surface area contributed by atoms with Crippen LogP contribution in [-0.2, 0) is 4.74 Å². The van der Waals surface area contributed by atoms with Crippen LogP contribution < -0.4 is 0 Å². The van der Waals surface area contributed by atoms with Crippen LogP contribution in [0.25, 0.3) is 0 Å². The van der Waals surface area contributed by atoms with E-state index in [2.05, 4.69) is 10.2 Å². The number of rotatable bonds is 2. The average Bonchev–Trinajstić information content (AvgIpc) is 1.94. The molecule has 0 bridgehead atoms. The molecule has 0 amide bonds. The molecule has 63 valence electrons. The molecule has 1 saturated carbocycles. The van der Waals surface area contributed by atoms with Crippen LogP contribution in [0.3, 0.4) is 0 Å². The van der Waals surface area contributed by atoms with E-state index in [1.807, 2.05) is 0 Å². The van der Waals surface area contributed by atoms with Gasteiger partial charge in [0, 0.05) is 6.23 Å². The summed E-state index contributed by atoms with van der Waals surface area (Å²) in [6.45, 7) is 0. The Morgan fingerprint density at radius 2 is 1.55 bits per heavy atom. The third-order valence-corrected chi connectivity index (χ3v) is 2.54. The standard InChI is InChI=1S/C9H17OSi/c11-8-10-9-6-4-2-1-3-5-7-9/h9H,1-8H2. The first-order chi connectivity index (χ1) is 5.43. The molecule has 0 N–H and O–H groups in total. The van der Waals surface area contributed by atoms with Crippen LogP contribution in [0.1, 0.15) is 44.9 Å². The molecule has 1 rings (SSSR count). The van der Waals surface area contributed by atoms with Crippen molar-refractivity contribution < 1.29 is 4.74 Å². The van der Waals surface area contributed by atoms with Crippen molar-refractivity contribution in [3.05, 3.63) is 0 Å². The highest BCUT2D eigenvalue weighted by Gasteiger charge is 2.09. The lowest BCUT2D eigenvalue weighted by atomic mass is 9.99. The lowest BCUT2D eigenvalue weighted by molar-refractivity contribution is 0.0657. The molecule has 0 aliphatic heterocycles. The van der Waals surface area contributed by atoms with Gasteiger partial charge in [0.05, 0.1) is 16.3 Å². The predicted molar refractivity (Wildman–Crippen MR) is 47.8 cm³/mol. The molecular weight excluding hydrogens is 152 g/mol. The van der Waals surface area contributed by atoms with E-state index < -0.39 is 0 Å². The van der Waals surface area contributed by atoms with Gasteiger partial charge in [-0.3, -0.25) is 0 Å². The van der Waals surface area contributed by atoms with Crippen LogP contribution in [0.4, 0.5) is 0 Å². The Morgan fingerprint density at radius 3 is 2.09 bits per heavy atom. The Bertz CT molecular complexity index is 87.6. The zero-order valence-electron chi connectivity index (χ0n) is 7.14. The Labute approximate surface area is 72.9 Å². The second kappa shape index (κ2) is 5.78. The fourth-order valence-corrected chi connectivity index (χ4v) is 1.94. The first-order valence-corrected chi connectivity index (χ1v) is 5.40. The van der Waals surface area contributed by atoms with E-state index in [-0.39, 0.29) is 0 Å². The van der Waals surface area contributed by atoms with Gasteiger partial charge in [-0.2, -0.15) is 0 Å². The molecule has 0 saturated heterocycles. The molecule has 3 radical (unpaired) electrons. The molecule has 1 fully saturated rings. The van der Waals surface area contributed by atoms with E-state index in [1.165, 1.54) is 44.9 Å². The first-order valence-electron chi connectivity index (χ1n) is 4.69. The Balaban J connectivity index is 2.15. The van der Waals surface area contributed by atoms with E-state index in [0.717, 1.165) is 0 Å². The maximum Gasteiger partial charge on any atom is 0.0609 e. The minimum atomic E-state index is 0.535. The summed E-state index contributed by atoms with van der Waals surface area (Å²) in [5.74, 6) is 0. The summed E-state index contributed by atoms with van der Waals surface area (Å²) < 4.78 is 5.53. The summed E-state index contributed by atoms with van der Waals surface area (Å²) in [5, 5.41) is 0. The fourth-order valence-electron chi connectivity index (χ4n) is 1.70. The van der Waals surface area contributed by atoms with Crippen LogP contribution in [0.2, 0.25) is 0 Å². The van der Waals surface area contributed by atoms with Crippen molar-refractivity contribution in [1.29, 1.82) is 0 Å². The monoisotopic (exact) mass is 169 g/mol. The highest BCUT2D eigenvalue weighted by molar-refractivity contribution is 6.08. The van der Waals surface area contributed by atoms with Crippen molar-refractivity contribution in [3.63, 3.8) is 0 Å². The van der Waals surface area contributed by atoms with E-state index in [0.29, 0.717) is 12.3 Å². The van der Waals surface area contributed by atoms with Crippen molar-refractivity contribution in [2.24, 2.45) is 0 Å². The second-order valence-electron chi connectivity index (χ2n) is 3.28. The van der Waals surface area contributed by atoms with E-state index >= 15 is 0 Å². The molecule has 1 aliphatic rings. The zero-order valence-corrected chi connectivity index (χ0v) is 8.14. The van der Waals surface area contributed by atoms with Gasteiger partial charge in [-0.05, 0) is 12.8 Å². The van der Waals surface area contributed by atoms with Gasteiger partial charge >= 0.3 is 0 Å². The molecule has 0 unspecified atom stereocenters.